The second-order valence-corrected chi connectivity index (χ2v) is 5.87. The highest BCUT2D eigenvalue weighted by Gasteiger charge is 2.10. The van der Waals surface area contributed by atoms with Crippen LogP contribution in [0, 0.1) is 0 Å². The second kappa shape index (κ2) is 7.11. The predicted molar refractivity (Wildman–Crippen MR) is 90.5 cm³/mol. The number of aromatic nitrogens is 1. The van der Waals surface area contributed by atoms with Crippen molar-refractivity contribution in [3.8, 4) is 5.75 Å². The van der Waals surface area contributed by atoms with Crippen LogP contribution in [0.15, 0.2) is 40.8 Å². The van der Waals surface area contributed by atoms with E-state index in [2.05, 4.69) is 9.72 Å². The van der Waals surface area contributed by atoms with Crippen LogP contribution in [0.4, 0.5) is 0 Å². The maximum absolute atomic E-state index is 11.3. The smallest absolute Gasteiger partial charge is 0.309 e. The molecule has 5 nitrogen and oxygen atoms in total. The first kappa shape index (κ1) is 16.6. The Morgan fingerprint density at radius 1 is 1.21 bits per heavy atom. The largest absolute Gasteiger partial charge is 0.482 e. The number of carbonyl (C=O) groups excluding carboxylic acids is 1. The normalized spacial score (nSPS) is 10.8. The summed E-state index contributed by atoms with van der Waals surface area (Å²) in [4.78, 5) is 15.7. The molecule has 0 atom stereocenters. The molecule has 2 aromatic carbocycles. The summed E-state index contributed by atoms with van der Waals surface area (Å²) in [5.74, 6) is 0.597. The van der Waals surface area contributed by atoms with Crippen LogP contribution in [0.5, 0.6) is 5.75 Å². The van der Waals surface area contributed by atoms with Crippen molar-refractivity contribution in [2.75, 3.05) is 7.11 Å². The fourth-order valence-corrected chi connectivity index (χ4v) is 2.63. The number of methoxy groups -OCH3 is 1. The Morgan fingerprint density at radius 3 is 2.79 bits per heavy atom. The minimum absolute atomic E-state index is 0.127. The number of rotatable bonds is 5. The van der Waals surface area contributed by atoms with E-state index in [-0.39, 0.29) is 19.0 Å². The quantitative estimate of drug-likeness (QED) is 0.625. The lowest BCUT2D eigenvalue weighted by Gasteiger charge is -2.05. The number of hydrogen-bond acceptors (Lipinski definition) is 5. The molecule has 3 rings (SSSR count). The molecule has 0 aliphatic heterocycles. The Balaban J connectivity index is 1.74. The summed E-state index contributed by atoms with van der Waals surface area (Å²) >= 11 is 11.9. The summed E-state index contributed by atoms with van der Waals surface area (Å²) in [6.45, 7) is 0.127. The van der Waals surface area contributed by atoms with Crippen LogP contribution in [0.2, 0.25) is 10.0 Å². The fourth-order valence-electron chi connectivity index (χ4n) is 2.16. The van der Waals surface area contributed by atoms with Gasteiger partial charge in [0.05, 0.1) is 18.6 Å². The molecule has 7 heteroatoms. The molecule has 1 heterocycles. The van der Waals surface area contributed by atoms with Crippen molar-refractivity contribution in [3.63, 3.8) is 0 Å². The molecule has 0 amide bonds. The van der Waals surface area contributed by atoms with Gasteiger partial charge in [-0.3, -0.25) is 4.79 Å². The average molecular weight is 366 g/mol. The molecule has 124 valence electrons. The SMILES string of the molecule is COC(=O)Cc1ccc2oc(COc3ccc(Cl)cc3Cl)nc2c1. The van der Waals surface area contributed by atoms with Gasteiger partial charge in [-0.2, -0.15) is 0 Å². The summed E-state index contributed by atoms with van der Waals surface area (Å²) in [6, 6.07) is 10.3. The molecule has 0 fully saturated rings. The molecule has 1 aromatic heterocycles. The average Bonchev–Trinajstić information content (AvgIpc) is 2.96. The van der Waals surface area contributed by atoms with Gasteiger partial charge in [-0.1, -0.05) is 29.3 Å². The third kappa shape index (κ3) is 3.80. The van der Waals surface area contributed by atoms with Gasteiger partial charge >= 0.3 is 5.97 Å². The van der Waals surface area contributed by atoms with Gasteiger partial charge < -0.3 is 13.9 Å². The summed E-state index contributed by atoms with van der Waals surface area (Å²) < 4.78 is 15.9. The van der Waals surface area contributed by atoms with Crippen molar-refractivity contribution in [2.24, 2.45) is 0 Å². The van der Waals surface area contributed by atoms with Crippen LogP contribution >= 0.6 is 23.2 Å². The van der Waals surface area contributed by atoms with Crippen molar-refractivity contribution < 1.29 is 18.7 Å². The van der Waals surface area contributed by atoms with Crippen molar-refractivity contribution in [1.82, 2.24) is 4.98 Å². The van der Waals surface area contributed by atoms with Gasteiger partial charge in [0, 0.05) is 5.02 Å². The molecule has 0 saturated heterocycles. The van der Waals surface area contributed by atoms with E-state index in [1.807, 2.05) is 0 Å². The van der Waals surface area contributed by atoms with Crippen LogP contribution in [-0.2, 0) is 22.6 Å². The number of halogens is 2. The summed E-state index contributed by atoms with van der Waals surface area (Å²) in [6.07, 6.45) is 0.186. The molecular formula is C17H13Cl2NO4. The summed E-state index contributed by atoms with van der Waals surface area (Å²) in [5.41, 5.74) is 2.07. The van der Waals surface area contributed by atoms with Gasteiger partial charge in [-0.15, -0.1) is 0 Å². The third-order valence-corrected chi connectivity index (χ3v) is 3.85. The molecule has 0 spiro atoms. The van der Waals surface area contributed by atoms with E-state index >= 15 is 0 Å². The molecule has 0 unspecified atom stereocenters. The zero-order valence-electron chi connectivity index (χ0n) is 12.7. The number of fused-ring (bicyclic) bond motifs is 1. The summed E-state index contributed by atoms with van der Waals surface area (Å²) in [7, 11) is 1.36. The lowest BCUT2D eigenvalue weighted by Crippen LogP contribution is -2.04. The van der Waals surface area contributed by atoms with Crippen molar-refractivity contribution in [1.29, 1.82) is 0 Å². The zero-order valence-corrected chi connectivity index (χ0v) is 14.2. The number of esters is 1. The molecular weight excluding hydrogens is 353 g/mol. The van der Waals surface area contributed by atoms with Crippen LogP contribution in [0.25, 0.3) is 11.1 Å². The minimum Gasteiger partial charge on any atom is -0.482 e. The van der Waals surface area contributed by atoms with Crippen LogP contribution in [-0.4, -0.2) is 18.1 Å². The van der Waals surface area contributed by atoms with E-state index in [0.29, 0.717) is 32.8 Å². The van der Waals surface area contributed by atoms with Crippen molar-refractivity contribution in [2.45, 2.75) is 13.0 Å². The second-order valence-electron chi connectivity index (χ2n) is 5.03. The zero-order chi connectivity index (χ0) is 17.1. The first-order valence-electron chi connectivity index (χ1n) is 7.08. The molecule has 3 aromatic rings. The van der Waals surface area contributed by atoms with E-state index in [4.69, 9.17) is 32.4 Å². The Bertz CT molecular complexity index is 891. The molecule has 0 aliphatic rings. The maximum Gasteiger partial charge on any atom is 0.309 e. The Hall–Kier alpha value is -2.24. The number of hydrogen-bond donors (Lipinski definition) is 0. The lowest BCUT2D eigenvalue weighted by atomic mass is 10.1. The standard InChI is InChI=1S/C17H13Cl2NO4/c1-22-17(21)7-10-2-4-15-13(6-10)20-16(24-15)9-23-14-5-3-11(18)8-12(14)19/h2-6,8H,7,9H2,1H3. The van der Waals surface area contributed by atoms with Gasteiger partial charge in [0.2, 0.25) is 5.89 Å². The van der Waals surface area contributed by atoms with Crippen molar-refractivity contribution >= 4 is 40.3 Å². The van der Waals surface area contributed by atoms with E-state index in [1.165, 1.54) is 7.11 Å². The molecule has 0 N–H and O–H groups in total. The number of nitrogens with zero attached hydrogens (tertiary/aromatic N) is 1. The lowest BCUT2D eigenvalue weighted by molar-refractivity contribution is -0.139. The van der Waals surface area contributed by atoms with Crippen LogP contribution in [0.3, 0.4) is 0 Å². The predicted octanol–water partition coefficient (Wildman–Crippen LogP) is 4.43. The van der Waals surface area contributed by atoms with E-state index in [9.17, 15) is 4.79 Å². The molecule has 0 saturated carbocycles. The molecule has 0 radical (unpaired) electrons. The Morgan fingerprint density at radius 2 is 2.04 bits per heavy atom. The Kier molecular flexibility index (Phi) is 4.92. The highest BCUT2D eigenvalue weighted by atomic mass is 35.5. The van der Waals surface area contributed by atoms with Gasteiger partial charge in [0.1, 0.15) is 11.3 Å². The number of carbonyl (C=O) groups is 1. The third-order valence-electron chi connectivity index (χ3n) is 3.32. The monoisotopic (exact) mass is 365 g/mol. The Labute approximate surface area is 148 Å². The van der Waals surface area contributed by atoms with E-state index in [1.54, 1.807) is 36.4 Å². The van der Waals surface area contributed by atoms with Crippen LogP contribution in [0.1, 0.15) is 11.5 Å². The first-order chi connectivity index (χ1) is 11.5. The minimum atomic E-state index is -0.307. The molecule has 0 bridgehead atoms. The van der Waals surface area contributed by atoms with E-state index < -0.39 is 0 Å². The highest BCUT2D eigenvalue weighted by molar-refractivity contribution is 6.35. The van der Waals surface area contributed by atoms with Gasteiger partial charge in [0.25, 0.3) is 0 Å². The van der Waals surface area contributed by atoms with E-state index in [0.717, 1.165) is 5.56 Å². The van der Waals surface area contributed by atoms with Gasteiger partial charge in [-0.25, -0.2) is 4.98 Å². The maximum atomic E-state index is 11.3. The van der Waals surface area contributed by atoms with Crippen molar-refractivity contribution in [3.05, 3.63) is 57.9 Å². The van der Waals surface area contributed by atoms with Crippen LogP contribution < -0.4 is 4.74 Å². The first-order valence-corrected chi connectivity index (χ1v) is 7.84. The molecule has 24 heavy (non-hydrogen) atoms. The number of ether oxygens (including phenoxy) is 2. The summed E-state index contributed by atoms with van der Waals surface area (Å²) in [5, 5.41) is 0.950. The number of benzene rings is 2. The number of oxazole rings is 1. The topological polar surface area (TPSA) is 61.6 Å². The van der Waals surface area contributed by atoms with Gasteiger partial charge in [-0.05, 0) is 35.9 Å². The molecule has 0 aliphatic carbocycles. The highest BCUT2D eigenvalue weighted by Crippen LogP contribution is 2.28. The fraction of sp³-hybridized carbons (Fsp3) is 0.176. The van der Waals surface area contributed by atoms with Gasteiger partial charge in [0.15, 0.2) is 12.2 Å².